The molecule has 1 aliphatic carbocycles. The molecule has 2 nitrogen and oxygen atoms in total. The van der Waals surface area contributed by atoms with E-state index in [1.54, 1.807) is 0 Å². The average molecular weight is 178 g/mol. The number of rotatable bonds is 0. The summed E-state index contributed by atoms with van der Waals surface area (Å²) in [5.74, 6) is 0.615. The molecule has 0 radical (unpaired) electrons. The Bertz CT molecular complexity index is 305. The van der Waals surface area contributed by atoms with Crippen LogP contribution >= 0.6 is 0 Å². The van der Waals surface area contributed by atoms with Crippen LogP contribution in [-0.2, 0) is 9.53 Å². The summed E-state index contributed by atoms with van der Waals surface area (Å²) in [6.45, 7) is 2.12. The van der Waals surface area contributed by atoms with Crippen molar-refractivity contribution in [1.82, 2.24) is 0 Å². The van der Waals surface area contributed by atoms with Crippen molar-refractivity contribution in [1.29, 1.82) is 0 Å². The lowest BCUT2D eigenvalue weighted by Gasteiger charge is -2.36. The Morgan fingerprint density at radius 1 is 1.62 bits per heavy atom. The van der Waals surface area contributed by atoms with Crippen molar-refractivity contribution in [3.05, 3.63) is 11.6 Å². The van der Waals surface area contributed by atoms with Crippen LogP contribution in [0.4, 0.5) is 0 Å². The summed E-state index contributed by atoms with van der Waals surface area (Å²) in [6.07, 6.45) is 6.11. The standard InChI is InChI=1S/C11H14O2/c1-7-5-8-6-10(12)9-3-2-4-11(7,9)13-8/h5,8-9H,2-4,6H2,1H3. The Kier molecular flexibility index (Phi) is 1.33. The van der Waals surface area contributed by atoms with Crippen molar-refractivity contribution < 1.29 is 9.53 Å². The van der Waals surface area contributed by atoms with Gasteiger partial charge in [0.1, 0.15) is 5.78 Å². The Labute approximate surface area is 78.0 Å². The third kappa shape index (κ3) is 0.798. The topological polar surface area (TPSA) is 26.3 Å². The van der Waals surface area contributed by atoms with Gasteiger partial charge < -0.3 is 4.74 Å². The lowest BCUT2D eigenvalue weighted by atomic mass is 9.82. The van der Waals surface area contributed by atoms with Gasteiger partial charge in [0.2, 0.25) is 0 Å². The zero-order valence-electron chi connectivity index (χ0n) is 7.88. The first-order valence-corrected chi connectivity index (χ1v) is 5.12. The lowest BCUT2D eigenvalue weighted by molar-refractivity contribution is -0.147. The Morgan fingerprint density at radius 2 is 2.46 bits per heavy atom. The first kappa shape index (κ1) is 7.74. The van der Waals surface area contributed by atoms with Crippen LogP contribution < -0.4 is 0 Å². The third-order valence-electron chi connectivity index (χ3n) is 3.86. The zero-order valence-corrected chi connectivity index (χ0v) is 7.88. The number of carbonyl (C=O) groups excluding carboxylic acids is 1. The molecule has 0 aromatic carbocycles. The van der Waals surface area contributed by atoms with Crippen molar-refractivity contribution in [2.45, 2.75) is 44.3 Å². The highest BCUT2D eigenvalue weighted by atomic mass is 16.5. The van der Waals surface area contributed by atoms with Gasteiger partial charge in [-0.25, -0.2) is 0 Å². The van der Waals surface area contributed by atoms with Gasteiger partial charge in [0.25, 0.3) is 0 Å². The SMILES string of the molecule is CC1=CC2CC(=O)C3CCCC13O2. The average Bonchev–Trinajstić information content (AvgIpc) is 2.58. The van der Waals surface area contributed by atoms with Crippen LogP contribution in [0.25, 0.3) is 0 Å². The third-order valence-corrected chi connectivity index (χ3v) is 3.86. The highest BCUT2D eigenvalue weighted by Gasteiger charge is 2.56. The normalized spacial score (nSPS) is 47.8. The molecule has 3 unspecified atom stereocenters. The molecule has 2 heteroatoms. The molecule has 2 aliphatic heterocycles. The van der Waals surface area contributed by atoms with E-state index in [-0.39, 0.29) is 17.6 Å². The van der Waals surface area contributed by atoms with Crippen LogP contribution in [0.2, 0.25) is 0 Å². The minimum Gasteiger partial charge on any atom is -0.362 e. The summed E-state index contributed by atoms with van der Waals surface area (Å²) in [6, 6.07) is 0. The molecule has 70 valence electrons. The van der Waals surface area contributed by atoms with E-state index < -0.39 is 0 Å². The Balaban J connectivity index is 2.10. The van der Waals surface area contributed by atoms with Crippen molar-refractivity contribution in [3.8, 4) is 0 Å². The summed E-state index contributed by atoms with van der Waals surface area (Å²) < 4.78 is 5.98. The zero-order chi connectivity index (χ0) is 9.05. The fourth-order valence-corrected chi connectivity index (χ4v) is 3.27. The quantitative estimate of drug-likeness (QED) is 0.529. The van der Waals surface area contributed by atoms with Crippen LogP contribution in [-0.4, -0.2) is 17.5 Å². The molecule has 1 spiro atoms. The maximum atomic E-state index is 11.8. The number of hydrogen-bond donors (Lipinski definition) is 0. The largest absolute Gasteiger partial charge is 0.362 e. The van der Waals surface area contributed by atoms with Crippen molar-refractivity contribution in [3.63, 3.8) is 0 Å². The number of carbonyl (C=O) groups is 1. The van der Waals surface area contributed by atoms with E-state index in [9.17, 15) is 4.79 Å². The first-order chi connectivity index (χ1) is 6.22. The van der Waals surface area contributed by atoms with Gasteiger partial charge in [-0.2, -0.15) is 0 Å². The van der Waals surface area contributed by atoms with Gasteiger partial charge in [-0.3, -0.25) is 4.79 Å². The Morgan fingerprint density at radius 3 is 3.31 bits per heavy atom. The van der Waals surface area contributed by atoms with Crippen molar-refractivity contribution in [2.75, 3.05) is 0 Å². The highest BCUT2D eigenvalue weighted by molar-refractivity contribution is 5.85. The second-order valence-corrected chi connectivity index (χ2v) is 4.51. The van der Waals surface area contributed by atoms with Gasteiger partial charge in [0.05, 0.1) is 17.6 Å². The smallest absolute Gasteiger partial charge is 0.142 e. The summed E-state index contributed by atoms with van der Waals surface area (Å²) >= 11 is 0. The van der Waals surface area contributed by atoms with Gasteiger partial charge in [0, 0.05) is 6.42 Å². The first-order valence-electron chi connectivity index (χ1n) is 5.12. The number of Topliss-reactive ketones (excluding diaryl/α,β-unsaturated/α-hetero) is 1. The molecule has 2 heterocycles. The molecule has 3 aliphatic rings. The van der Waals surface area contributed by atoms with E-state index in [2.05, 4.69) is 13.0 Å². The van der Waals surface area contributed by atoms with Crippen molar-refractivity contribution in [2.24, 2.45) is 5.92 Å². The number of fused-ring (bicyclic) bond motifs is 1. The van der Waals surface area contributed by atoms with Gasteiger partial charge in [-0.1, -0.05) is 6.08 Å². The van der Waals surface area contributed by atoms with E-state index in [1.807, 2.05) is 0 Å². The molecule has 3 atom stereocenters. The second kappa shape index (κ2) is 2.24. The predicted octanol–water partition coefficient (Wildman–Crippen LogP) is 1.84. The highest BCUT2D eigenvalue weighted by Crippen LogP contribution is 2.52. The van der Waals surface area contributed by atoms with Gasteiger partial charge in [-0.05, 0) is 31.8 Å². The molecule has 13 heavy (non-hydrogen) atoms. The summed E-state index contributed by atoms with van der Waals surface area (Å²) in [5, 5.41) is 0. The predicted molar refractivity (Wildman–Crippen MR) is 48.3 cm³/mol. The maximum absolute atomic E-state index is 11.8. The van der Waals surface area contributed by atoms with Crippen LogP contribution in [0, 0.1) is 5.92 Å². The summed E-state index contributed by atoms with van der Waals surface area (Å²) in [7, 11) is 0. The second-order valence-electron chi connectivity index (χ2n) is 4.51. The minimum atomic E-state index is -0.153. The van der Waals surface area contributed by atoms with Gasteiger partial charge >= 0.3 is 0 Å². The molecule has 3 rings (SSSR count). The van der Waals surface area contributed by atoms with E-state index in [1.165, 1.54) is 5.57 Å². The summed E-state index contributed by atoms with van der Waals surface area (Å²) in [5.41, 5.74) is 1.16. The van der Waals surface area contributed by atoms with Crippen molar-refractivity contribution >= 4 is 5.78 Å². The van der Waals surface area contributed by atoms with Crippen LogP contribution in [0.1, 0.15) is 32.6 Å². The lowest BCUT2D eigenvalue weighted by Crippen LogP contribution is -2.45. The molecule has 2 fully saturated rings. The van der Waals surface area contributed by atoms with Crippen LogP contribution in [0.15, 0.2) is 11.6 Å². The molecule has 0 amide bonds. The minimum absolute atomic E-state index is 0.0989. The van der Waals surface area contributed by atoms with E-state index in [4.69, 9.17) is 4.74 Å². The molecular formula is C11H14O2. The molecule has 1 saturated heterocycles. The van der Waals surface area contributed by atoms with Gasteiger partial charge in [-0.15, -0.1) is 0 Å². The van der Waals surface area contributed by atoms with E-state index in [0.29, 0.717) is 12.2 Å². The number of ether oxygens (including phenoxy) is 1. The van der Waals surface area contributed by atoms with E-state index >= 15 is 0 Å². The Hall–Kier alpha value is -0.630. The fraction of sp³-hybridized carbons (Fsp3) is 0.727. The monoisotopic (exact) mass is 178 g/mol. The fourth-order valence-electron chi connectivity index (χ4n) is 3.27. The molecule has 1 saturated carbocycles. The molecule has 0 aromatic heterocycles. The van der Waals surface area contributed by atoms with Crippen LogP contribution in [0.5, 0.6) is 0 Å². The molecule has 0 N–H and O–H groups in total. The molecule has 0 aromatic rings. The molecular weight excluding hydrogens is 164 g/mol. The molecule has 2 bridgehead atoms. The van der Waals surface area contributed by atoms with E-state index in [0.717, 1.165) is 19.3 Å². The number of ketones is 1. The van der Waals surface area contributed by atoms with Gasteiger partial charge in [0.15, 0.2) is 0 Å². The maximum Gasteiger partial charge on any atom is 0.142 e. The number of hydrogen-bond acceptors (Lipinski definition) is 2. The summed E-state index contributed by atoms with van der Waals surface area (Å²) in [4.78, 5) is 11.8. The van der Waals surface area contributed by atoms with Crippen LogP contribution in [0.3, 0.4) is 0 Å².